The number of carbonyl (C=O) groups is 2. The first kappa shape index (κ1) is 23.1. The lowest BCUT2D eigenvalue weighted by Crippen LogP contribution is -2.29. The number of anilines is 1. The standard InChI is InChI=1S/C28H27NO5/c1-18(2)17-34-22-14-12-19(13-15-22)26(30)24-25(20-8-7-11-23(16-20)33-3)29(28(32)27(24)31)21-9-5-4-6-10-21/h4-16,18,25,30H,17H2,1-3H3/b26-24-. The topological polar surface area (TPSA) is 76.1 Å². The third-order valence-corrected chi connectivity index (χ3v) is 5.60. The smallest absolute Gasteiger partial charge is 0.300 e. The Bertz CT molecular complexity index is 1220. The highest BCUT2D eigenvalue weighted by atomic mass is 16.5. The molecule has 4 rings (SSSR count). The Hall–Kier alpha value is -4.06. The average molecular weight is 458 g/mol. The highest BCUT2D eigenvalue weighted by Gasteiger charge is 2.47. The number of para-hydroxylation sites is 1. The molecule has 1 aliphatic rings. The Morgan fingerprint density at radius 2 is 1.65 bits per heavy atom. The number of carbonyl (C=O) groups excluding carboxylic acids is 2. The lowest BCUT2D eigenvalue weighted by Gasteiger charge is -2.25. The zero-order valence-corrected chi connectivity index (χ0v) is 19.4. The van der Waals surface area contributed by atoms with Gasteiger partial charge in [-0.3, -0.25) is 14.5 Å². The van der Waals surface area contributed by atoms with Crippen LogP contribution in [0.2, 0.25) is 0 Å². The molecule has 3 aromatic rings. The maximum Gasteiger partial charge on any atom is 0.300 e. The molecule has 3 aromatic carbocycles. The van der Waals surface area contributed by atoms with Gasteiger partial charge in [-0.05, 0) is 60.0 Å². The number of hydrogen-bond donors (Lipinski definition) is 1. The van der Waals surface area contributed by atoms with Gasteiger partial charge in [0.1, 0.15) is 17.3 Å². The molecule has 6 heteroatoms. The quantitative estimate of drug-likeness (QED) is 0.294. The lowest BCUT2D eigenvalue weighted by atomic mass is 9.95. The summed E-state index contributed by atoms with van der Waals surface area (Å²) in [4.78, 5) is 27.8. The summed E-state index contributed by atoms with van der Waals surface area (Å²) in [5, 5.41) is 11.2. The van der Waals surface area contributed by atoms with Gasteiger partial charge in [0.2, 0.25) is 0 Å². The van der Waals surface area contributed by atoms with Crippen molar-refractivity contribution in [3.63, 3.8) is 0 Å². The molecule has 0 bridgehead atoms. The molecule has 1 unspecified atom stereocenters. The number of nitrogens with zero attached hydrogens (tertiary/aromatic N) is 1. The molecular weight excluding hydrogens is 430 g/mol. The first-order valence-corrected chi connectivity index (χ1v) is 11.1. The summed E-state index contributed by atoms with van der Waals surface area (Å²) in [6.07, 6.45) is 0. The number of aliphatic hydroxyl groups excluding tert-OH is 1. The molecule has 1 saturated heterocycles. The highest BCUT2D eigenvalue weighted by molar-refractivity contribution is 6.51. The van der Waals surface area contributed by atoms with Crippen LogP contribution in [0.15, 0.2) is 84.4 Å². The molecule has 0 aliphatic carbocycles. The summed E-state index contributed by atoms with van der Waals surface area (Å²) in [6.45, 7) is 4.69. The molecular formula is C28H27NO5. The molecule has 1 aliphatic heterocycles. The van der Waals surface area contributed by atoms with Crippen molar-refractivity contribution in [1.29, 1.82) is 0 Å². The normalized spacial score (nSPS) is 17.3. The molecule has 0 aromatic heterocycles. The van der Waals surface area contributed by atoms with E-state index in [1.54, 1.807) is 73.8 Å². The summed E-state index contributed by atoms with van der Waals surface area (Å²) in [5.41, 5.74) is 1.67. The van der Waals surface area contributed by atoms with Crippen molar-refractivity contribution in [2.75, 3.05) is 18.6 Å². The minimum absolute atomic E-state index is 0.0259. The largest absolute Gasteiger partial charge is 0.507 e. The number of methoxy groups -OCH3 is 1. The van der Waals surface area contributed by atoms with Gasteiger partial charge in [-0.1, -0.05) is 44.2 Å². The van der Waals surface area contributed by atoms with E-state index in [2.05, 4.69) is 13.8 Å². The maximum atomic E-state index is 13.2. The Morgan fingerprint density at radius 3 is 2.29 bits per heavy atom. The molecule has 0 spiro atoms. The Morgan fingerprint density at radius 1 is 0.941 bits per heavy atom. The van der Waals surface area contributed by atoms with Gasteiger partial charge in [-0.15, -0.1) is 0 Å². The van der Waals surface area contributed by atoms with Gasteiger partial charge in [0.15, 0.2) is 0 Å². The van der Waals surface area contributed by atoms with Gasteiger partial charge in [0, 0.05) is 11.3 Å². The van der Waals surface area contributed by atoms with Crippen LogP contribution in [0.4, 0.5) is 5.69 Å². The van der Waals surface area contributed by atoms with E-state index in [0.29, 0.717) is 40.8 Å². The number of ketones is 1. The highest BCUT2D eigenvalue weighted by Crippen LogP contribution is 2.42. The van der Waals surface area contributed by atoms with Crippen LogP contribution in [-0.4, -0.2) is 30.5 Å². The second-order valence-corrected chi connectivity index (χ2v) is 8.51. The molecule has 1 fully saturated rings. The van der Waals surface area contributed by atoms with Crippen LogP contribution in [-0.2, 0) is 9.59 Å². The maximum absolute atomic E-state index is 13.2. The molecule has 174 valence electrons. The summed E-state index contributed by atoms with van der Waals surface area (Å²) >= 11 is 0. The zero-order valence-electron chi connectivity index (χ0n) is 19.4. The second-order valence-electron chi connectivity index (χ2n) is 8.51. The average Bonchev–Trinajstić information content (AvgIpc) is 3.13. The molecule has 6 nitrogen and oxygen atoms in total. The van der Waals surface area contributed by atoms with Crippen molar-refractivity contribution in [3.05, 3.63) is 95.6 Å². The van der Waals surface area contributed by atoms with Crippen LogP contribution in [0.1, 0.15) is 31.0 Å². The third-order valence-electron chi connectivity index (χ3n) is 5.60. The van der Waals surface area contributed by atoms with E-state index >= 15 is 0 Å². The molecule has 1 N–H and O–H groups in total. The van der Waals surface area contributed by atoms with Crippen molar-refractivity contribution in [2.45, 2.75) is 19.9 Å². The van der Waals surface area contributed by atoms with E-state index in [-0.39, 0.29) is 11.3 Å². The number of rotatable bonds is 7. The fourth-order valence-corrected chi connectivity index (χ4v) is 3.94. The molecule has 0 saturated carbocycles. The predicted molar refractivity (Wildman–Crippen MR) is 131 cm³/mol. The number of amides is 1. The van der Waals surface area contributed by atoms with E-state index in [4.69, 9.17) is 9.47 Å². The van der Waals surface area contributed by atoms with Gasteiger partial charge in [-0.2, -0.15) is 0 Å². The molecule has 0 radical (unpaired) electrons. The van der Waals surface area contributed by atoms with Crippen molar-refractivity contribution in [2.24, 2.45) is 5.92 Å². The van der Waals surface area contributed by atoms with E-state index in [9.17, 15) is 14.7 Å². The van der Waals surface area contributed by atoms with Crippen LogP contribution in [0.25, 0.3) is 5.76 Å². The van der Waals surface area contributed by atoms with Gasteiger partial charge in [0.25, 0.3) is 11.7 Å². The van der Waals surface area contributed by atoms with Crippen molar-refractivity contribution < 1.29 is 24.2 Å². The van der Waals surface area contributed by atoms with E-state index in [1.165, 1.54) is 4.90 Å². The van der Waals surface area contributed by atoms with Crippen LogP contribution < -0.4 is 14.4 Å². The van der Waals surface area contributed by atoms with Crippen LogP contribution in [0.5, 0.6) is 11.5 Å². The number of aliphatic hydroxyl groups is 1. The van der Waals surface area contributed by atoms with Crippen molar-refractivity contribution in [1.82, 2.24) is 0 Å². The van der Waals surface area contributed by atoms with Gasteiger partial charge in [-0.25, -0.2) is 0 Å². The molecule has 1 heterocycles. The van der Waals surface area contributed by atoms with Crippen LogP contribution in [0.3, 0.4) is 0 Å². The molecule has 1 amide bonds. The van der Waals surface area contributed by atoms with Crippen LogP contribution >= 0.6 is 0 Å². The number of hydrogen-bond acceptors (Lipinski definition) is 5. The van der Waals surface area contributed by atoms with E-state index < -0.39 is 17.7 Å². The summed E-state index contributed by atoms with van der Waals surface area (Å²) < 4.78 is 11.1. The number of Topliss-reactive ketones (excluding diaryl/α,β-unsaturated/α-hetero) is 1. The monoisotopic (exact) mass is 457 g/mol. The summed E-state index contributed by atoms with van der Waals surface area (Å²) in [6, 6.07) is 22.2. The van der Waals surface area contributed by atoms with Crippen LogP contribution in [0, 0.1) is 5.92 Å². The van der Waals surface area contributed by atoms with Crippen molar-refractivity contribution >= 4 is 23.1 Å². The zero-order chi connectivity index (χ0) is 24.2. The van der Waals surface area contributed by atoms with Gasteiger partial charge in [0.05, 0.1) is 25.3 Å². The second kappa shape index (κ2) is 9.83. The third kappa shape index (κ3) is 4.53. The number of ether oxygens (including phenoxy) is 2. The van der Waals surface area contributed by atoms with Gasteiger partial charge < -0.3 is 14.6 Å². The fraction of sp³-hybridized carbons (Fsp3) is 0.214. The summed E-state index contributed by atoms with van der Waals surface area (Å²) in [7, 11) is 1.55. The number of benzene rings is 3. The molecule has 1 atom stereocenters. The Labute approximate surface area is 199 Å². The lowest BCUT2D eigenvalue weighted by molar-refractivity contribution is -0.132. The predicted octanol–water partition coefficient (Wildman–Crippen LogP) is 5.36. The van der Waals surface area contributed by atoms with Crippen molar-refractivity contribution in [3.8, 4) is 11.5 Å². The molecule has 34 heavy (non-hydrogen) atoms. The first-order valence-electron chi connectivity index (χ1n) is 11.1. The van der Waals surface area contributed by atoms with E-state index in [1.807, 2.05) is 12.1 Å². The minimum atomic E-state index is -0.811. The van der Waals surface area contributed by atoms with E-state index in [0.717, 1.165) is 0 Å². The summed E-state index contributed by atoms with van der Waals surface area (Å²) in [5.74, 6) is -0.0428. The minimum Gasteiger partial charge on any atom is -0.507 e. The first-order chi connectivity index (χ1) is 16.4. The Balaban J connectivity index is 1.82. The Kier molecular flexibility index (Phi) is 6.68. The van der Waals surface area contributed by atoms with Gasteiger partial charge >= 0.3 is 0 Å². The fourth-order valence-electron chi connectivity index (χ4n) is 3.94. The SMILES string of the molecule is COc1cccc(C2/C(=C(/O)c3ccc(OCC(C)C)cc3)C(=O)C(=O)N2c2ccccc2)c1.